The van der Waals surface area contributed by atoms with Gasteiger partial charge in [0.15, 0.2) is 0 Å². The smallest absolute Gasteiger partial charge is 0.0547 e. The molecule has 0 aliphatic rings. The lowest BCUT2D eigenvalue weighted by atomic mass is 9.84. The van der Waals surface area contributed by atoms with Gasteiger partial charge in [0, 0.05) is 42.6 Å². The van der Waals surface area contributed by atoms with Crippen molar-refractivity contribution in [2.75, 3.05) is 0 Å². The van der Waals surface area contributed by atoms with E-state index in [2.05, 4.69) is 162 Å². The summed E-state index contributed by atoms with van der Waals surface area (Å²) in [5.41, 5.74) is 7.64. The van der Waals surface area contributed by atoms with Crippen molar-refractivity contribution < 1.29 is 0 Å². The molecule has 0 aliphatic heterocycles. The van der Waals surface area contributed by atoms with E-state index in [-0.39, 0.29) is 5.92 Å². The third-order valence-electron chi connectivity index (χ3n) is 8.88. The van der Waals surface area contributed by atoms with Crippen molar-refractivity contribution in [3.8, 4) is 5.69 Å². The molecule has 1 unspecified atom stereocenters. The molecule has 7 aromatic carbocycles. The molecule has 2 heterocycles. The first-order valence-corrected chi connectivity index (χ1v) is 15.6. The Kier molecular flexibility index (Phi) is 5.50. The van der Waals surface area contributed by atoms with E-state index in [1.807, 2.05) is 11.3 Å². The molecule has 0 saturated heterocycles. The number of aromatic nitrogens is 1. The van der Waals surface area contributed by atoms with Crippen LogP contribution in [-0.2, 0) is 0 Å². The maximum absolute atomic E-state index is 2.42. The van der Waals surface area contributed by atoms with Gasteiger partial charge in [-0.15, -0.1) is 11.3 Å². The zero-order valence-corrected chi connectivity index (χ0v) is 24.3. The van der Waals surface area contributed by atoms with Gasteiger partial charge in [-0.3, -0.25) is 0 Å². The van der Waals surface area contributed by atoms with Gasteiger partial charge in [0.1, 0.15) is 0 Å². The first-order chi connectivity index (χ1) is 21.3. The number of para-hydroxylation sites is 2. The average Bonchev–Trinajstić information content (AvgIpc) is 3.61. The van der Waals surface area contributed by atoms with Crippen LogP contribution in [0.5, 0.6) is 0 Å². The van der Waals surface area contributed by atoms with E-state index in [4.69, 9.17) is 0 Å². The molecular formula is C41H27NS. The number of hydrogen-bond acceptors (Lipinski definition) is 1. The molecular weight excluding hydrogens is 539 g/mol. The normalized spacial score (nSPS) is 12.6. The standard InChI is InChI=1S/C41H27NS/c1-3-12-27(13-4-1)40(35-19-11-18-34-33-17-8-10-21-39(33)43-41(34)35)29-23-22-28-25-36-32-16-7-9-20-37(32)42(31-14-5-2-6-15-31)38(36)26-30(28)24-29/h1-26,40H. The van der Waals surface area contributed by atoms with Crippen molar-refractivity contribution in [1.82, 2.24) is 4.57 Å². The number of fused-ring (bicyclic) bond motifs is 7. The minimum Gasteiger partial charge on any atom is -0.309 e. The minimum atomic E-state index is 0.123. The van der Waals surface area contributed by atoms with Gasteiger partial charge in [0.05, 0.1) is 11.0 Å². The molecule has 0 fully saturated rings. The first-order valence-electron chi connectivity index (χ1n) is 14.8. The van der Waals surface area contributed by atoms with Gasteiger partial charge >= 0.3 is 0 Å². The van der Waals surface area contributed by atoms with Crippen molar-refractivity contribution in [2.24, 2.45) is 0 Å². The van der Waals surface area contributed by atoms with E-state index in [9.17, 15) is 0 Å². The van der Waals surface area contributed by atoms with Crippen molar-refractivity contribution in [2.45, 2.75) is 5.92 Å². The highest BCUT2D eigenvalue weighted by Crippen LogP contribution is 2.43. The van der Waals surface area contributed by atoms with E-state index in [0.717, 1.165) is 0 Å². The molecule has 2 aromatic heterocycles. The van der Waals surface area contributed by atoms with Crippen LogP contribution in [0.3, 0.4) is 0 Å². The number of rotatable bonds is 4. The molecule has 43 heavy (non-hydrogen) atoms. The summed E-state index contributed by atoms with van der Waals surface area (Å²) in [5, 5.41) is 7.77. The van der Waals surface area contributed by atoms with Crippen molar-refractivity contribution >= 4 is 64.1 Å². The van der Waals surface area contributed by atoms with Crippen molar-refractivity contribution in [1.29, 1.82) is 0 Å². The Balaban J connectivity index is 1.31. The Hall–Kier alpha value is -5.18. The zero-order chi connectivity index (χ0) is 28.3. The number of benzene rings is 7. The van der Waals surface area contributed by atoms with Gasteiger partial charge in [-0.25, -0.2) is 0 Å². The van der Waals surface area contributed by atoms with Gasteiger partial charge in [0.2, 0.25) is 0 Å². The summed E-state index contributed by atoms with van der Waals surface area (Å²) in [6.07, 6.45) is 0. The highest BCUT2D eigenvalue weighted by Gasteiger charge is 2.22. The molecule has 0 amide bonds. The molecule has 0 radical (unpaired) electrons. The largest absolute Gasteiger partial charge is 0.309 e. The number of hydrogen-bond donors (Lipinski definition) is 0. The summed E-state index contributed by atoms with van der Waals surface area (Å²) in [6, 6.07) is 57.9. The van der Waals surface area contributed by atoms with Crippen molar-refractivity contribution in [3.05, 3.63) is 174 Å². The third kappa shape index (κ3) is 3.84. The zero-order valence-electron chi connectivity index (χ0n) is 23.4. The van der Waals surface area contributed by atoms with E-state index in [1.165, 1.54) is 75.1 Å². The van der Waals surface area contributed by atoms with Crippen LogP contribution in [-0.4, -0.2) is 4.57 Å². The molecule has 1 atom stereocenters. The van der Waals surface area contributed by atoms with Crippen LogP contribution >= 0.6 is 11.3 Å². The molecule has 202 valence electrons. The summed E-state index contributed by atoms with van der Waals surface area (Å²) in [7, 11) is 0. The fraction of sp³-hybridized carbons (Fsp3) is 0.0244. The van der Waals surface area contributed by atoms with E-state index in [1.54, 1.807) is 0 Å². The predicted molar refractivity (Wildman–Crippen MR) is 185 cm³/mol. The predicted octanol–water partition coefficient (Wildman–Crippen LogP) is 11.5. The maximum atomic E-state index is 2.42. The van der Waals surface area contributed by atoms with Crippen molar-refractivity contribution in [3.63, 3.8) is 0 Å². The highest BCUT2D eigenvalue weighted by molar-refractivity contribution is 7.26. The molecule has 0 saturated carbocycles. The van der Waals surface area contributed by atoms with Gasteiger partial charge in [-0.05, 0) is 63.9 Å². The van der Waals surface area contributed by atoms with E-state index in [0.29, 0.717) is 0 Å². The fourth-order valence-electron chi connectivity index (χ4n) is 6.96. The van der Waals surface area contributed by atoms with Gasteiger partial charge in [-0.2, -0.15) is 0 Å². The Morgan fingerprint density at radius 1 is 0.442 bits per heavy atom. The Bertz CT molecular complexity index is 2450. The van der Waals surface area contributed by atoms with Crippen LogP contribution in [0.15, 0.2) is 158 Å². The van der Waals surface area contributed by atoms with Crippen LogP contribution in [0, 0.1) is 0 Å². The lowest BCUT2D eigenvalue weighted by Crippen LogP contribution is -2.03. The molecule has 0 bridgehead atoms. The second-order valence-corrected chi connectivity index (χ2v) is 12.4. The lowest BCUT2D eigenvalue weighted by molar-refractivity contribution is 0.994. The topological polar surface area (TPSA) is 4.93 Å². The summed E-state index contributed by atoms with van der Waals surface area (Å²) in [6.45, 7) is 0. The highest BCUT2D eigenvalue weighted by atomic mass is 32.1. The lowest BCUT2D eigenvalue weighted by Gasteiger charge is -2.20. The summed E-state index contributed by atoms with van der Waals surface area (Å²) in [5.74, 6) is 0.123. The Morgan fingerprint density at radius 3 is 2.02 bits per heavy atom. The molecule has 2 heteroatoms. The monoisotopic (exact) mass is 565 g/mol. The van der Waals surface area contributed by atoms with Gasteiger partial charge in [-0.1, -0.05) is 121 Å². The number of thiophene rings is 1. The second-order valence-electron chi connectivity index (χ2n) is 11.3. The Morgan fingerprint density at radius 2 is 1.16 bits per heavy atom. The van der Waals surface area contributed by atoms with Crippen LogP contribution in [0.25, 0.3) is 58.4 Å². The molecule has 9 rings (SSSR count). The van der Waals surface area contributed by atoms with Gasteiger partial charge in [0.25, 0.3) is 0 Å². The Labute approximate surface area is 253 Å². The quantitative estimate of drug-likeness (QED) is 0.187. The summed E-state index contributed by atoms with van der Waals surface area (Å²) < 4.78 is 5.12. The van der Waals surface area contributed by atoms with Crippen LogP contribution < -0.4 is 0 Å². The molecule has 0 N–H and O–H groups in total. The second kappa shape index (κ2) is 9.69. The van der Waals surface area contributed by atoms with Crippen LogP contribution in [0.1, 0.15) is 22.6 Å². The summed E-state index contributed by atoms with van der Waals surface area (Å²) in [4.78, 5) is 0. The molecule has 1 nitrogen and oxygen atoms in total. The van der Waals surface area contributed by atoms with Crippen LogP contribution in [0.2, 0.25) is 0 Å². The van der Waals surface area contributed by atoms with E-state index < -0.39 is 0 Å². The van der Waals surface area contributed by atoms with E-state index >= 15 is 0 Å². The third-order valence-corrected chi connectivity index (χ3v) is 10.1. The average molecular weight is 566 g/mol. The molecule has 9 aromatic rings. The van der Waals surface area contributed by atoms with Crippen LogP contribution in [0.4, 0.5) is 0 Å². The minimum absolute atomic E-state index is 0.123. The number of nitrogens with zero attached hydrogens (tertiary/aromatic N) is 1. The fourth-order valence-corrected chi connectivity index (χ4v) is 8.21. The molecule has 0 spiro atoms. The van der Waals surface area contributed by atoms with Gasteiger partial charge < -0.3 is 4.57 Å². The molecule has 0 aliphatic carbocycles. The first kappa shape index (κ1) is 24.4. The maximum Gasteiger partial charge on any atom is 0.0547 e. The SMILES string of the molecule is c1ccc(C(c2ccc3cc4c5ccccc5n(-c5ccccc5)c4cc3c2)c2cccc3c2sc2ccccc23)cc1. The summed E-state index contributed by atoms with van der Waals surface area (Å²) >= 11 is 1.91.